The fraction of sp³-hybridized carbons (Fsp3) is 0.818. The average Bonchev–Trinajstić information content (AvgIpc) is 2.75. The van der Waals surface area contributed by atoms with Gasteiger partial charge in [0, 0.05) is 11.3 Å². The van der Waals surface area contributed by atoms with Crippen LogP contribution in [0, 0.1) is 0 Å². The highest BCUT2D eigenvalue weighted by atomic mass is 32.2. The minimum Gasteiger partial charge on any atom is -0.316 e. The minimum atomic E-state index is 0.634. The van der Waals surface area contributed by atoms with Gasteiger partial charge in [0.25, 0.3) is 0 Å². The lowest BCUT2D eigenvalue weighted by Gasteiger charge is -2.27. The van der Waals surface area contributed by atoms with Gasteiger partial charge in [-0.25, -0.2) is 4.98 Å². The summed E-state index contributed by atoms with van der Waals surface area (Å²) in [6, 6.07) is 0.634. The molecule has 0 bridgehead atoms. The molecule has 0 radical (unpaired) electrons. The van der Waals surface area contributed by atoms with Crippen LogP contribution in [0.5, 0.6) is 0 Å². The van der Waals surface area contributed by atoms with Crippen molar-refractivity contribution in [2.75, 3.05) is 7.05 Å². The molecule has 3 nitrogen and oxygen atoms in total. The molecule has 2 rings (SSSR count). The van der Waals surface area contributed by atoms with E-state index in [1.165, 1.54) is 50.1 Å². The Hall–Kier alpha value is -0.130. The lowest BCUT2D eigenvalue weighted by molar-refractivity contribution is 0.420. The third kappa shape index (κ3) is 3.43. The van der Waals surface area contributed by atoms with Crippen LogP contribution in [0.15, 0.2) is 10.7 Å². The van der Waals surface area contributed by atoms with Crippen LogP contribution in [0.2, 0.25) is 0 Å². The number of rotatable bonds is 3. The SMILES string of the molecule is CNC1CCCCCCC1Sc1ncns1. The highest BCUT2D eigenvalue weighted by Gasteiger charge is 2.23. The Kier molecular flexibility index (Phi) is 5.06. The Balaban J connectivity index is 1.96. The lowest BCUT2D eigenvalue weighted by Crippen LogP contribution is -2.36. The van der Waals surface area contributed by atoms with Crippen molar-refractivity contribution in [3.05, 3.63) is 6.33 Å². The molecule has 2 unspecified atom stereocenters. The van der Waals surface area contributed by atoms with Gasteiger partial charge in [-0.2, -0.15) is 4.37 Å². The summed E-state index contributed by atoms with van der Waals surface area (Å²) in [6.07, 6.45) is 9.76. The maximum absolute atomic E-state index is 4.28. The van der Waals surface area contributed by atoms with Crippen LogP contribution in [0.3, 0.4) is 0 Å². The zero-order valence-corrected chi connectivity index (χ0v) is 11.3. The first-order chi connectivity index (χ1) is 7.90. The van der Waals surface area contributed by atoms with Crippen LogP contribution in [0.1, 0.15) is 38.5 Å². The van der Waals surface area contributed by atoms with Crippen molar-refractivity contribution in [2.24, 2.45) is 0 Å². The van der Waals surface area contributed by atoms with E-state index in [1.54, 1.807) is 6.33 Å². The summed E-state index contributed by atoms with van der Waals surface area (Å²) in [5.74, 6) is 0. The third-order valence-corrected chi connectivity index (χ3v) is 5.31. The summed E-state index contributed by atoms with van der Waals surface area (Å²) >= 11 is 3.42. The van der Waals surface area contributed by atoms with Crippen LogP contribution in [-0.2, 0) is 0 Å². The monoisotopic (exact) mass is 257 g/mol. The zero-order valence-electron chi connectivity index (χ0n) is 9.69. The fourth-order valence-corrected chi connectivity index (χ4v) is 4.30. The topological polar surface area (TPSA) is 37.8 Å². The molecule has 1 fully saturated rings. The summed E-state index contributed by atoms with van der Waals surface area (Å²) in [5, 5.41) is 4.13. The summed E-state index contributed by atoms with van der Waals surface area (Å²) in [5.41, 5.74) is 0. The maximum Gasteiger partial charge on any atom is 0.170 e. The smallest absolute Gasteiger partial charge is 0.170 e. The van der Waals surface area contributed by atoms with Crippen molar-refractivity contribution >= 4 is 23.3 Å². The first-order valence-corrected chi connectivity index (χ1v) is 7.66. The van der Waals surface area contributed by atoms with E-state index in [4.69, 9.17) is 0 Å². The Morgan fingerprint density at radius 1 is 1.31 bits per heavy atom. The van der Waals surface area contributed by atoms with E-state index in [1.807, 2.05) is 11.8 Å². The first kappa shape index (κ1) is 12.3. The number of nitrogens with zero attached hydrogens (tertiary/aromatic N) is 2. The molecule has 2 atom stereocenters. The maximum atomic E-state index is 4.28. The summed E-state index contributed by atoms with van der Waals surface area (Å²) < 4.78 is 5.19. The second-order valence-electron chi connectivity index (χ2n) is 4.25. The van der Waals surface area contributed by atoms with Gasteiger partial charge < -0.3 is 5.32 Å². The predicted octanol–water partition coefficient (Wildman–Crippen LogP) is 2.94. The fourth-order valence-electron chi connectivity index (χ4n) is 2.27. The third-order valence-electron chi connectivity index (χ3n) is 3.17. The van der Waals surface area contributed by atoms with Crippen LogP contribution in [0.25, 0.3) is 0 Å². The molecule has 0 aliphatic heterocycles. The molecule has 0 spiro atoms. The van der Waals surface area contributed by atoms with Crippen LogP contribution >= 0.6 is 23.3 Å². The van der Waals surface area contributed by atoms with E-state index in [0.717, 1.165) is 4.34 Å². The van der Waals surface area contributed by atoms with Crippen molar-refractivity contribution < 1.29 is 0 Å². The van der Waals surface area contributed by atoms with Gasteiger partial charge in [-0.05, 0) is 31.4 Å². The quantitative estimate of drug-likeness (QED) is 0.903. The van der Waals surface area contributed by atoms with Crippen molar-refractivity contribution in [1.82, 2.24) is 14.7 Å². The first-order valence-electron chi connectivity index (χ1n) is 6.01. The standard InChI is InChI=1S/C11H19N3S2/c1-12-9-6-4-2-3-5-7-10(9)15-11-13-8-14-16-11/h8-10,12H,2-7H2,1H3. The van der Waals surface area contributed by atoms with Gasteiger partial charge in [-0.15, -0.1) is 0 Å². The zero-order chi connectivity index (χ0) is 11.2. The Morgan fingerprint density at radius 3 is 2.81 bits per heavy atom. The van der Waals surface area contributed by atoms with E-state index in [-0.39, 0.29) is 0 Å². The van der Waals surface area contributed by atoms with E-state index >= 15 is 0 Å². The molecular formula is C11H19N3S2. The molecule has 1 N–H and O–H groups in total. The molecule has 1 heterocycles. The number of aromatic nitrogens is 2. The Morgan fingerprint density at radius 2 is 2.12 bits per heavy atom. The highest BCUT2D eigenvalue weighted by molar-refractivity contribution is 8.01. The number of hydrogen-bond donors (Lipinski definition) is 1. The Labute approximate surface area is 106 Å². The van der Waals surface area contributed by atoms with Gasteiger partial charge in [0.1, 0.15) is 6.33 Å². The van der Waals surface area contributed by atoms with E-state index < -0.39 is 0 Å². The van der Waals surface area contributed by atoms with E-state index in [9.17, 15) is 0 Å². The number of thioether (sulfide) groups is 1. The summed E-state index contributed by atoms with van der Waals surface area (Å²) in [7, 11) is 2.08. The molecule has 0 aromatic carbocycles. The average molecular weight is 257 g/mol. The molecule has 5 heteroatoms. The molecule has 1 aliphatic carbocycles. The molecule has 90 valence electrons. The van der Waals surface area contributed by atoms with Crippen LogP contribution < -0.4 is 5.32 Å². The largest absolute Gasteiger partial charge is 0.316 e. The summed E-state index contributed by atoms with van der Waals surface area (Å²) in [6.45, 7) is 0. The molecule has 16 heavy (non-hydrogen) atoms. The summed E-state index contributed by atoms with van der Waals surface area (Å²) in [4.78, 5) is 4.28. The molecule has 1 aliphatic rings. The minimum absolute atomic E-state index is 0.634. The molecule has 1 saturated carbocycles. The van der Waals surface area contributed by atoms with Gasteiger partial charge in [0.15, 0.2) is 4.34 Å². The van der Waals surface area contributed by atoms with Gasteiger partial charge in [0.05, 0.1) is 0 Å². The molecule has 0 amide bonds. The van der Waals surface area contributed by atoms with Gasteiger partial charge in [0.2, 0.25) is 0 Å². The van der Waals surface area contributed by atoms with Crippen LogP contribution in [0.4, 0.5) is 0 Å². The van der Waals surface area contributed by atoms with Crippen molar-refractivity contribution in [2.45, 2.75) is 54.2 Å². The van der Waals surface area contributed by atoms with Crippen molar-refractivity contribution in [3.63, 3.8) is 0 Å². The second kappa shape index (κ2) is 6.57. The van der Waals surface area contributed by atoms with Crippen LogP contribution in [-0.4, -0.2) is 27.7 Å². The normalized spacial score (nSPS) is 27.3. The number of nitrogens with one attached hydrogen (secondary N) is 1. The van der Waals surface area contributed by atoms with Crippen molar-refractivity contribution in [3.8, 4) is 0 Å². The van der Waals surface area contributed by atoms with Gasteiger partial charge >= 0.3 is 0 Å². The molecule has 1 aromatic rings. The van der Waals surface area contributed by atoms with E-state index in [0.29, 0.717) is 11.3 Å². The lowest BCUT2D eigenvalue weighted by atomic mass is 9.96. The molecule has 1 aromatic heterocycles. The van der Waals surface area contributed by atoms with Gasteiger partial charge in [-0.1, -0.05) is 37.4 Å². The predicted molar refractivity (Wildman–Crippen MR) is 70.1 cm³/mol. The van der Waals surface area contributed by atoms with Crippen molar-refractivity contribution in [1.29, 1.82) is 0 Å². The van der Waals surface area contributed by atoms with Gasteiger partial charge in [-0.3, -0.25) is 0 Å². The Bertz CT molecular complexity index is 289. The molecule has 0 saturated heterocycles. The van der Waals surface area contributed by atoms with E-state index in [2.05, 4.69) is 21.7 Å². The second-order valence-corrected chi connectivity index (χ2v) is 6.52. The molecular weight excluding hydrogens is 238 g/mol. The number of hydrogen-bond acceptors (Lipinski definition) is 5. The highest BCUT2D eigenvalue weighted by Crippen LogP contribution is 2.32.